The third-order valence-corrected chi connectivity index (χ3v) is 6.54. The number of halogens is 1. The van der Waals surface area contributed by atoms with Crippen LogP contribution in [-0.2, 0) is 11.3 Å². The molecule has 0 aliphatic carbocycles. The highest BCUT2D eigenvalue weighted by atomic mass is 35.5. The number of hydrogen-bond acceptors (Lipinski definition) is 6. The predicted octanol–water partition coefficient (Wildman–Crippen LogP) is 3.81. The molecule has 32 heavy (non-hydrogen) atoms. The molecule has 4 rings (SSSR count). The van der Waals surface area contributed by atoms with Crippen molar-refractivity contribution in [1.29, 1.82) is 0 Å². The molecule has 1 aliphatic rings. The van der Waals surface area contributed by atoms with E-state index in [-0.39, 0.29) is 10.8 Å². The quantitative estimate of drug-likeness (QED) is 0.347. The lowest BCUT2D eigenvalue weighted by molar-refractivity contribution is 0.291. The summed E-state index contributed by atoms with van der Waals surface area (Å²) in [5.74, 6) is 1.85. The molecule has 0 radical (unpaired) electrons. The lowest BCUT2D eigenvalue weighted by Gasteiger charge is -2.21. The molecule has 1 atom stereocenters. The van der Waals surface area contributed by atoms with Crippen LogP contribution in [0.25, 0.3) is 10.9 Å². The van der Waals surface area contributed by atoms with Crippen molar-refractivity contribution in [3.05, 3.63) is 75.5 Å². The molecule has 2 heterocycles. The van der Waals surface area contributed by atoms with Gasteiger partial charge in [-0.2, -0.15) is 0 Å². The average Bonchev–Trinajstić information content (AvgIpc) is 2.81. The summed E-state index contributed by atoms with van der Waals surface area (Å²) in [5.41, 5.74) is 1.40. The Morgan fingerprint density at radius 2 is 1.94 bits per heavy atom. The maximum absolute atomic E-state index is 12.8. The van der Waals surface area contributed by atoms with Crippen LogP contribution in [0.1, 0.15) is 17.7 Å². The molecule has 1 N–H and O–H groups in total. The predicted molar refractivity (Wildman–Crippen MR) is 132 cm³/mol. The first-order valence-electron chi connectivity index (χ1n) is 10.6. The van der Waals surface area contributed by atoms with Crippen LogP contribution in [-0.4, -0.2) is 53.6 Å². The number of hydrogen-bond donors (Lipinski definition) is 1. The van der Waals surface area contributed by atoms with Gasteiger partial charge in [0, 0.05) is 43.8 Å². The molecule has 1 unspecified atom stereocenters. The molecular formula is C24H27ClN4O2S. The Morgan fingerprint density at radius 1 is 1.22 bits per heavy atom. The highest BCUT2D eigenvalue weighted by Gasteiger charge is 2.17. The number of likely N-dealkylation sites (N-methyl/N-ethyl adjacent to an activating group) is 1. The largest absolute Gasteiger partial charge is 0.314 e. The molecule has 3 aromatic rings. The second-order valence-electron chi connectivity index (χ2n) is 7.39. The van der Waals surface area contributed by atoms with E-state index in [2.05, 4.69) is 22.2 Å². The fourth-order valence-electron chi connectivity index (χ4n) is 3.33. The molecule has 1 aromatic heterocycles. The zero-order chi connectivity index (χ0) is 22.9. The van der Waals surface area contributed by atoms with Crippen molar-refractivity contribution in [2.75, 3.05) is 33.2 Å². The standard InChI is InChI=1S/C19H15ClN2O2S.C5H12N2/c1-2-22-18(24)15-12-14(20)8-9-16(15)21-19(22)25-17(10-11-23)13-6-4-3-5-7-13;1-7-4-2-6-3-5-7/h3-10,12,17H,2H2,1H3;6H,2-5H2,1H3. The maximum atomic E-state index is 12.8. The zero-order valence-corrected chi connectivity index (χ0v) is 19.8. The van der Waals surface area contributed by atoms with E-state index in [1.165, 1.54) is 30.9 Å². The van der Waals surface area contributed by atoms with Crippen LogP contribution in [0, 0.1) is 0 Å². The summed E-state index contributed by atoms with van der Waals surface area (Å²) in [4.78, 5) is 30.7. The molecule has 1 saturated heterocycles. The van der Waals surface area contributed by atoms with Crippen molar-refractivity contribution in [3.63, 3.8) is 0 Å². The molecule has 0 saturated carbocycles. The van der Waals surface area contributed by atoms with Gasteiger partial charge in [-0.1, -0.05) is 53.7 Å². The van der Waals surface area contributed by atoms with Gasteiger partial charge in [-0.05, 0) is 37.7 Å². The average molecular weight is 471 g/mol. The summed E-state index contributed by atoms with van der Waals surface area (Å²) in [6, 6.07) is 14.7. The Bertz CT molecular complexity index is 1140. The first kappa shape index (κ1) is 24.2. The lowest BCUT2D eigenvalue weighted by Crippen LogP contribution is -2.40. The van der Waals surface area contributed by atoms with Crippen LogP contribution < -0.4 is 10.9 Å². The molecular weight excluding hydrogens is 444 g/mol. The van der Waals surface area contributed by atoms with Crippen molar-refractivity contribution in [3.8, 4) is 0 Å². The summed E-state index contributed by atoms with van der Waals surface area (Å²) < 4.78 is 1.60. The highest BCUT2D eigenvalue weighted by Crippen LogP contribution is 2.35. The Balaban J connectivity index is 0.000000352. The van der Waals surface area contributed by atoms with Gasteiger partial charge >= 0.3 is 0 Å². The third-order valence-electron chi connectivity index (χ3n) is 5.12. The van der Waals surface area contributed by atoms with Gasteiger partial charge in [0.2, 0.25) is 0 Å². The molecule has 0 amide bonds. The van der Waals surface area contributed by atoms with Gasteiger partial charge in [0.1, 0.15) is 5.94 Å². The Morgan fingerprint density at radius 3 is 2.53 bits per heavy atom. The Kier molecular flexibility index (Phi) is 9.09. The van der Waals surface area contributed by atoms with Gasteiger partial charge in [0.05, 0.1) is 16.2 Å². The van der Waals surface area contributed by atoms with Crippen LogP contribution in [0.3, 0.4) is 0 Å². The molecule has 1 fully saturated rings. The second kappa shape index (κ2) is 12.0. The fraction of sp³-hybridized carbons (Fsp3) is 0.333. The first-order chi connectivity index (χ1) is 15.5. The van der Waals surface area contributed by atoms with Crippen LogP contribution in [0.5, 0.6) is 0 Å². The minimum absolute atomic E-state index is 0.139. The fourth-order valence-corrected chi connectivity index (χ4v) is 4.64. The summed E-state index contributed by atoms with van der Waals surface area (Å²) in [6.07, 6.45) is 1.44. The minimum atomic E-state index is -0.270. The van der Waals surface area contributed by atoms with Gasteiger partial charge in [0.15, 0.2) is 5.16 Å². The molecule has 168 valence electrons. The summed E-state index contributed by atoms with van der Waals surface area (Å²) >= 11 is 7.35. The number of benzene rings is 2. The van der Waals surface area contributed by atoms with Gasteiger partial charge in [0.25, 0.3) is 5.56 Å². The number of thioether (sulfide) groups is 1. The number of nitrogens with zero attached hydrogens (tertiary/aromatic N) is 3. The van der Waals surface area contributed by atoms with Crippen molar-refractivity contribution in [2.24, 2.45) is 0 Å². The van der Waals surface area contributed by atoms with Crippen molar-refractivity contribution < 1.29 is 4.79 Å². The normalized spacial score (nSPS) is 14.8. The number of piperazine rings is 1. The van der Waals surface area contributed by atoms with Crippen LogP contribution >= 0.6 is 23.4 Å². The van der Waals surface area contributed by atoms with Gasteiger partial charge in [-0.25, -0.2) is 9.78 Å². The van der Waals surface area contributed by atoms with Crippen LogP contribution in [0.4, 0.5) is 0 Å². The van der Waals surface area contributed by atoms with Gasteiger partial charge in [-0.3, -0.25) is 9.36 Å². The SMILES string of the molecule is CCn1c(SC(C=C=O)c2ccccc2)nc2ccc(Cl)cc2c1=O.CN1CCNCC1. The van der Waals surface area contributed by atoms with Crippen molar-refractivity contribution in [1.82, 2.24) is 19.8 Å². The number of aromatic nitrogens is 2. The van der Waals surface area contributed by atoms with E-state index in [1.54, 1.807) is 22.8 Å². The lowest BCUT2D eigenvalue weighted by atomic mass is 10.1. The number of fused-ring (bicyclic) bond motifs is 1. The maximum Gasteiger partial charge on any atom is 0.262 e. The molecule has 2 aromatic carbocycles. The van der Waals surface area contributed by atoms with Crippen LogP contribution in [0.2, 0.25) is 5.02 Å². The van der Waals surface area contributed by atoms with Gasteiger partial charge in [-0.15, -0.1) is 0 Å². The summed E-state index contributed by atoms with van der Waals surface area (Å²) in [7, 11) is 2.15. The first-order valence-corrected chi connectivity index (χ1v) is 11.8. The van der Waals surface area contributed by atoms with E-state index in [4.69, 9.17) is 11.6 Å². The van der Waals surface area contributed by atoms with Crippen LogP contribution in [0.15, 0.2) is 64.6 Å². The molecule has 6 nitrogen and oxygen atoms in total. The van der Waals surface area contributed by atoms with Crippen molar-refractivity contribution in [2.45, 2.75) is 23.9 Å². The smallest absolute Gasteiger partial charge is 0.262 e. The molecule has 0 spiro atoms. The number of rotatable bonds is 5. The Labute approximate surface area is 197 Å². The second-order valence-corrected chi connectivity index (χ2v) is 8.94. The number of nitrogens with one attached hydrogen (secondary N) is 1. The molecule has 8 heteroatoms. The highest BCUT2D eigenvalue weighted by molar-refractivity contribution is 7.99. The van der Waals surface area contributed by atoms with E-state index in [0.29, 0.717) is 27.6 Å². The summed E-state index contributed by atoms with van der Waals surface area (Å²) in [6.45, 7) is 7.10. The monoisotopic (exact) mass is 470 g/mol. The van der Waals surface area contributed by atoms with Crippen molar-refractivity contribution >= 4 is 40.2 Å². The summed E-state index contributed by atoms with van der Waals surface area (Å²) in [5, 5.41) is 4.55. The van der Waals surface area contributed by atoms with E-state index >= 15 is 0 Å². The zero-order valence-electron chi connectivity index (χ0n) is 18.3. The third kappa shape index (κ3) is 6.31. The molecule has 1 aliphatic heterocycles. The Hall–Kier alpha value is -2.41. The molecule has 0 bridgehead atoms. The number of carbonyl (C=O) groups excluding carboxylic acids is 1. The van der Waals surface area contributed by atoms with E-state index in [1.807, 2.05) is 43.2 Å². The van der Waals surface area contributed by atoms with Gasteiger partial charge < -0.3 is 10.2 Å². The topological polar surface area (TPSA) is 67.2 Å². The van der Waals surface area contributed by atoms with E-state index in [9.17, 15) is 9.59 Å². The minimum Gasteiger partial charge on any atom is -0.314 e. The van der Waals surface area contributed by atoms with E-state index < -0.39 is 0 Å². The van der Waals surface area contributed by atoms with E-state index in [0.717, 1.165) is 18.7 Å².